The molecule has 1 aromatic heterocycles. The highest BCUT2D eigenvalue weighted by Crippen LogP contribution is 2.53. The number of carbonyl (C=O) groups is 2. The van der Waals surface area contributed by atoms with Gasteiger partial charge in [0.1, 0.15) is 18.1 Å². The number of carboxylic acids is 1. The van der Waals surface area contributed by atoms with E-state index >= 15 is 0 Å². The minimum atomic E-state index is -4.79. The van der Waals surface area contributed by atoms with Crippen molar-refractivity contribution in [2.24, 2.45) is 0 Å². The molecule has 1 saturated heterocycles. The van der Waals surface area contributed by atoms with Gasteiger partial charge < -0.3 is 58.9 Å². The zero-order valence-corrected chi connectivity index (χ0v) is 36.4. The minimum Gasteiger partial charge on any atom is -0.756 e. The Morgan fingerprint density at radius 2 is 1.73 bits per heavy atom. The summed E-state index contributed by atoms with van der Waals surface area (Å²) in [5.74, 6) is -3.70. The third-order valence-electron chi connectivity index (χ3n) is 9.75. The molecule has 19 nitrogen and oxygen atoms in total. The quantitative estimate of drug-likeness (QED) is 0.0413. The van der Waals surface area contributed by atoms with Crippen LogP contribution in [0.1, 0.15) is 59.0 Å². The summed E-state index contributed by atoms with van der Waals surface area (Å²) in [6.45, 7) is -0.668. The lowest BCUT2D eigenvalue weighted by Gasteiger charge is -2.25. The van der Waals surface area contributed by atoms with Gasteiger partial charge in [0.05, 0.1) is 64.8 Å². The smallest absolute Gasteiger partial charge is 0.351 e. The maximum Gasteiger partial charge on any atom is 0.351 e. The SMILES string of the molecule is COc1c2oc3c(OC)c(O)c(Cl)cc3c(-c3c(Cl)c(C(=O)NCCCCCCOP(=O)([O-])OC[C@H]4O[C@@H](n5ccc(N)nc5=O)C[C@H]4O)cc(Cl)c3C(=O)O)c-2cc(Cl)c1=O. The van der Waals surface area contributed by atoms with Crippen LogP contribution in [0.4, 0.5) is 5.82 Å². The number of amides is 1. The molecule has 1 unspecified atom stereocenters. The molecule has 3 aliphatic rings. The molecular weight excluding hydrogens is 925 g/mol. The summed E-state index contributed by atoms with van der Waals surface area (Å²) in [6, 6.07) is 4.91. The second-order valence-electron chi connectivity index (χ2n) is 13.7. The number of rotatable bonds is 17. The number of nitrogens with one attached hydrogen (secondary N) is 1. The molecule has 0 bridgehead atoms. The van der Waals surface area contributed by atoms with E-state index in [9.17, 15) is 44.0 Å². The predicted molar refractivity (Wildman–Crippen MR) is 224 cm³/mol. The molecule has 1 amide bonds. The number of ether oxygens (including phenoxy) is 3. The summed E-state index contributed by atoms with van der Waals surface area (Å²) in [5.41, 5.74) is 2.73. The largest absolute Gasteiger partial charge is 0.756 e. The van der Waals surface area contributed by atoms with Crippen LogP contribution in [-0.2, 0) is 18.3 Å². The number of aromatic nitrogens is 2. The first-order valence-electron chi connectivity index (χ1n) is 18.4. The first kappa shape index (κ1) is 46.8. The summed E-state index contributed by atoms with van der Waals surface area (Å²) in [5, 5.41) is 32.9. The maximum absolute atomic E-state index is 13.6. The Bertz CT molecular complexity index is 2700. The van der Waals surface area contributed by atoms with Gasteiger partial charge >= 0.3 is 11.7 Å². The molecule has 0 spiro atoms. The molecule has 332 valence electrons. The molecule has 2 aliphatic heterocycles. The number of aliphatic hydroxyl groups is 1. The summed E-state index contributed by atoms with van der Waals surface area (Å²) >= 11 is 26.2. The Kier molecular flexibility index (Phi) is 14.6. The second kappa shape index (κ2) is 19.4. The molecule has 2 aromatic carbocycles. The van der Waals surface area contributed by atoms with E-state index in [4.69, 9.17) is 79.8 Å². The van der Waals surface area contributed by atoms with Crippen LogP contribution in [0.15, 0.2) is 44.5 Å². The normalized spacial score (nSPS) is 17.3. The van der Waals surface area contributed by atoms with Gasteiger partial charge in [-0.25, -0.2) is 9.59 Å². The van der Waals surface area contributed by atoms with Crippen molar-refractivity contribution in [1.29, 1.82) is 0 Å². The number of hydrogen-bond acceptors (Lipinski definition) is 16. The Hall–Kier alpha value is -4.66. The number of phosphoric acid groups is 1. The van der Waals surface area contributed by atoms with Gasteiger partial charge in [0.15, 0.2) is 17.1 Å². The standard InChI is InChI=1S/C38H37Cl4N4O15P/c1-56-34-30(48)20(40)11-16-26(17-12-21(41)31(49)35(57-2)33(17)61-32(16)34)28-27(37(51)52)19(39)13-18(29(28)42)36(50)44-8-5-3-4-6-10-58-62(54,55)59-15-23-22(47)14-25(60-23)46-9-7-24(43)45-38(46)53/h7,9,11-13,22-23,25,47-48H,3-6,8,10,14-15H2,1-2H3,(H,44,50)(H,51,52)(H,54,55)(H2,43,45,53)/p-1/t22-,23-,25-/m1/s1. The molecule has 3 aromatic rings. The zero-order valence-electron chi connectivity index (χ0n) is 32.4. The van der Waals surface area contributed by atoms with Gasteiger partial charge in [-0.2, -0.15) is 4.98 Å². The van der Waals surface area contributed by atoms with Gasteiger partial charge in [-0.05, 0) is 37.1 Å². The Balaban J connectivity index is 1.11. The minimum absolute atomic E-state index is 0.00635. The summed E-state index contributed by atoms with van der Waals surface area (Å²) < 4.78 is 45.7. The lowest BCUT2D eigenvalue weighted by atomic mass is 9.88. The van der Waals surface area contributed by atoms with Crippen LogP contribution in [-0.4, -0.2) is 82.9 Å². The first-order chi connectivity index (χ1) is 29.4. The lowest BCUT2D eigenvalue weighted by molar-refractivity contribution is -0.228. The fourth-order valence-electron chi connectivity index (χ4n) is 6.83. The van der Waals surface area contributed by atoms with Crippen LogP contribution >= 0.6 is 54.2 Å². The third-order valence-corrected chi connectivity index (χ3v) is 12.0. The number of aromatic hydroxyl groups is 1. The van der Waals surface area contributed by atoms with Crippen molar-refractivity contribution < 1.29 is 62.0 Å². The number of hydrogen-bond donors (Lipinski definition) is 5. The van der Waals surface area contributed by atoms with Crippen LogP contribution in [0.2, 0.25) is 20.1 Å². The van der Waals surface area contributed by atoms with Gasteiger partial charge in [-0.1, -0.05) is 59.2 Å². The number of fused-ring (bicyclic) bond motifs is 2. The number of carbonyl (C=O) groups excluding carboxylic acids is 1. The summed E-state index contributed by atoms with van der Waals surface area (Å²) in [4.78, 5) is 67.5. The number of phenols is 1. The Morgan fingerprint density at radius 1 is 1.02 bits per heavy atom. The number of nitrogens with zero attached hydrogens (tertiary/aromatic N) is 2. The van der Waals surface area contributed by atoms with Crippen LogP contribution in [0.3, 0.4) is 0 Å². The number of unbranched alkanes of at least 4 members (excludes halogenated alkanes) is 3. The average Bonchev–Trinajstić information content (AvgIpc) is 3.58. The van der Waals surface area contributed by atoms with E-state index in [0.717, 1.165) is 10.6 Å². The van der Waals surface area contributed by atoms with E-state index in [2.05, 4.69) is 10.3 Å². The Morgan fingerprint density at radius 3 is 2.40 bits per heavy atom. The molecule has 62 heavy (non-hydrogen) atoms. The van der Waals surface area contributed by atoms with Crippen molar-refractivity contribution in [3.63, 3.8) is 0 Å². The summed E-state index contributed by atoms with van der Waals surface area (Å²) in [7, 11) is -2.40. The van der Waals surface area contributed by atoms with Gasteiger partial charge in [-0.3, -0.25) is 18.7 Å². The summed E-state index contributed by atoms with van der Waals surface area (Å²) in [6.07, 6.45) is -0.0713. The molecule has 3 heterocycles. The van der Waals surface area contributed by atoms with Gasteiger partial charge in [-0.15, -0.1) is 0 Å². The first-order valence-corrected chi connectivity index (χ1v) is 21.4. The molecular formula is C38H36Cl4N4O15P-. The molecule has 6 rings (SSSR count). The van der Waals surface area contributed by atoms with Crippen molar-refractivity contribution in [2.75, 3.05) is 39.7 Å². The van der Waals surface area contributed by atoms with E-state index in [1.807, 2.05) is 0 Å². The molecule has 4 atom stereocenters. The molecule has 1 aliphatic carbocycles. The van der Waals surface area contributed by atoms with E-state index in [1.165, 1.54) is 38.6 Å². The Labute approximate surface area is 370 Å². The van der Waals surface area contributed by atoms with Crippen molar-refractivity contribution in [2.45, 2.75) is 50.5 Å². The van der Waals surface area contributed by atoms with E-state index in [1.54, 1.807) is 0 Å². The number of halogens is 4. The van der Waals surface area contributed by atoms with E-state index in [-0.39, 0.29) is 96.0 Å². The number of nitrogens with two attached hydrogens (primary N) is 1. The topological polar surface area (TPSA) is 284 Å². The van der Waals surface area contributed by atoms with Crippen LogP contribution in [0.5, 0.6) is 17.2 Å². The number of phenolic OH excluding ortho intramolecular Hbond substituents is 1. The number of benzene rings is 3. The van der Waals surface area contributed by atoms with Gasteiger partial charge in [0.25, 0.3) is 13.7 Å². The van der Waals surface area contributed by atoms with Crippen molar-refractivity contribution in [3.05, 3.63) is 82.4 Å². The van der Waals surface area contributed by atoms with Gasteiger partial charge in [0, 0.05) is 41.2 Å². The predicted octanol–water partition coefficient (Wildman–Crippen LogP) is 5.88. The van der Waals surface area contributed by atoms with Crippen molar-refractivity contribution in [1.82, 2.24) is 14.9 Å². The fraction of sp³-hybridized carbons (Fsp3) is 0.342. The monoisotopic (exact) mass is 959 g/mol. The maximum atomic E-state index is 13.6. The average molecular weight is 962 g/mol. The molecule has 24 heteroatoms. The molecule has 0 radical (unpaired) electrons. The van der Waals surface area contributed by atoms with Gasteiger partial charge in [0.2, 0.25) is 16.9 Å². The molecule has 0 saturated carbocycles. The number of anilines is 1. The number of aliphatic hydroxyl groups excluding tert-OH is 1. The lowest BCUT2D eigenvalue weighted by Crippen LogP contribution is -2.29. The highest BCUT2D eigenvalue weighted by molar-refractivity contribution is 7.45. The highest BCUT2D eigenvalue weighted by atomic mass is 35.5. The number of phosphoric ester groups is 1. The van der Waals surface area contributed by atoms with Crippen LogP contribution in [0, 0.1) is 0 Å². The zero-order chi connectivity index (χ0) is 45.2. The molecule has 1 fully saturated rings. The number of aromatic carboxylic acids is 1. The van der Waals surface area contributed by atoms with Crippen molar-refractivity contribution in [3.8, 4) is 39.7 Å². The van der Waals surface area contributed by atoms with Crippen molar-refractivity contribution >= 4 is 82.9 Å². The van der Waals surface area contributed by atoms with E-state index < -0.39 is 67.2 Å². The number of nitrogen functional groups attached to an aromatic ring is 1. The number of methoxy groups -OCH3 is 2. The van der Waals surface area contributed by atoms with Crippen LogP contribution < -0.4 is 36.5 Å². The third kappa shape index (κ3) is 9.62. The second-order valence-corrected chi connectivity index (χ2v) is 16.7. The van der Waals surface area contributed by atoms with Crippen LogP contribution in [0.25, 0.3) is 33.4 Å². The fourth-order valence-corrected chi connectivity index (χ4v) is 8.59. The molecule has 6 N–H and O–H groups in total. The van der Waals surface area contributed by atoms with E-state index in [0.29, 0.717) is 25.7 Å². The highest BCUT2D eigenvalue weighted by Gasteiger charge is 2.37. The number of carboxylic acid groups (broad SMARTS) is 1.